The molecule has 30 heavy (non-hydrogen) atoms. The standard InChI is InChI=1S/C20H17N3O7/c1-11-17(29-16-6-4-3-5-15(16)27-11)20(24)28-12(2)18-21-22-19(30-18)13-7-9-14(10-8-13)23(25)26/h3-12,17H,1-2H3/t11-,12+,17-/m1/s1. The van der Waals surface area contributed by atoms with Gasteiger partial charge < -0.3 is 18.6 Å². The highest BCUT2D eigenvalue weighted by Gasteiger charge is 2.36. The number of nitro groups is 1. The summed E-state index contributed by atoms with van der Waals surface area (Å²) < 4.78 is 22.4. The highest BCUT2D eigenvalue weighted by molar-refractivity contribution is 5.76. The first-order valence-electron chi connectivity index (χ1n) is 9.13. The van der Waals surface area contributed by atoms with Crippen LogP contribution in [0.5, 0.6) is 11.5 Å². The van der Waals surface area contributed by atoms with Crippen molar-refractivity contribution in [2.24, 2.45) is 0 Å². The highest BCUT2D eigenvalue weighted by Crippen LogP contribution is 2.34. The van der Waals surface area contributed by atoms with E-state index < -0.39 is 29.2 Å². The number of ether oxygens (including phenoxy) is 3. The molecule has 0 saturated carbocycles. The maximum Gasteiger partial charge on any atom is 0.352 e. The maximum absolute atomic E-state index is 12.6. The number of nitrogens with zero attached hydrogens (tertiary/aromatic N) is 3. The predicted molar refractivity (Wildman–Crippen MR) is 102 cm³/mol. The van der Waals surface area contributed by atoms with Crippen LogP contribution in [0.1, 0.15) is 25.8 Å². The lowest BCUT2D eigenvalue weighted by Gasteiger charge is -2.30. The Morgan fingerprint density at radius 2 is 1.77 bits per heavy atom. The molecule has 0 aliphatic carbocycles. The van der Waals surface area contributed by atoms with Gasteiger partial charge in [-0.25, -0.2) is 4.79 Å². The Balaban J connectivity index is 1.43. The van der Waals surface area contributed by atoms with Crippen LogP contribution >= 0.6 is 0 Å². The first-order valence-corrected chi connectivity index (χ1v) is 9.13. The number of carbonyl (C=O) groups is 1. The Morgan fingerprint density at radius 3 is 2.43 bits per heavy atom. The molecule has 4 rings (SSSR count). The Hall–Kier alpha value is -3.95. The summed E-state index contributed by atoms with van der Waals surface area (Å²) in [5.74, 6) is 0.638. The van der Waals surface area contributed by atoms with Crippen molar-refractivity contribution in [3.63, 3.8) is 0 Å². The number of benzene rings is 2. The molecule has 3 aromatic rings. The minimum Gasteiger partial charge on any atom is -0.482 e. The minimum atomic E-state index is -0.945. The van der Waals surface area contributed by atoms with E-state index in [0.717, 1.165) is 0 Å². The largest absolute Gasteiger partial charge is 0.482 e. The van der Waals surface area contributed by atoms with Crippen molar-refractivity contribution in [1.29, 1.82) is 0 Å². The van der Waals surface area contributed by atoms with Gasteiger partial charge in [0, 0.05) is 17.7 Å². The third-order valence-electron chi connectivity index (χ3n) is 4.48. The summed E-state index contributed by atoms with van der Waals surface area (Å²) in [5.41, 5.74) is 0.457. The van der Waals surface area contributed by atoms with Crippen LogP contribution in [0.15, 0.2) is 52.9 Å². The topological polar surface area (TPSA) is 127 Å². The summed E-state index contributed by atoms with van der Waals surface area (Å²) in [6, 6.07) is 12.7. The Morgan fingerprint density at radius 1 is 1.10 bits per heavy atom. The maximum atomic E-state index is 12.6. The molecule has 0 radical (unpaired) electrons. The van der Waals surface area contributed by atoms with E-state index in [0.29, 0.717) is 17.1 Å². The summed E-state index contributed by atoms with van der Waals surface area (Å²) in [6.45, 7) is 3.30. The molecule has 0 saturated heterocycles. The van der Waals surface area contributed by atoms with Crippen LogP contribution in [-0.4, -0.2) is 33.3 Å². The summed E-state index contributed by atoms with van der Waals surface area (Å²) in [5, 5.41) is 18.6. The van der Waals surface area contributed by atoms with E-state index in [1.807, 2.05) is 6.07 Å². The van der Waals surface area contributed by atoms with Crippen LogP contribution in [0.2, 0.25) is 0 Å². The van der Waals surface area contributed by atoms with Gasteiger partial charge in [0.2, 0.25) is 12.0 Å². The van der Waals surface area contributed by atoms with E-state index in [4.69, 9.17) is 18.6 Å². The van der Waals surface area contributed by atoms with E-state index in [1.165, 1.54) is 24.3 Å². The normalized spacial score (nSPS) is 18.5. The molecule has 3 atom stereocenters. The lowest BCUT2D eigenvalue weighted by molar-refractivity contribution is -0.384. The number of nitro benzene ring substituents is 1. The number of hydrogen-bond donors (Lipinski definition) is 0. The van der Waals surface area contributed by atoms with Crippen LogP contribution in [-0.2, 0) is 9.53 Å². The van der Waals surface area contributed by atoms with Crippen molar-refractivity contribution in [3.8, 4) is 23.0 Å². The number of aromatic nitrogens is 2. The molecule has 2 heterocycles. The third kappa shape index (κ3) is 3.79. The summed E-state index contributed by atoms with van der Waals surface area (Å²) in [4.78, 5) is 22.9. The molecule has 10 heteroatoms. The first-order chi connectivity index (χ1) is 14.4. The van der Waals surface area contributed by atoms with Crippen molar-refractivity contribution in [1.82, 2.24) is 10.2 Å². The smallest absolute Gasteiger partial charge is 0.352 e. The molecule has 0 N–H and O–H groups in total. The Labute approximate surface area is 170 Å². The van der Waals surface area contributed by atoms with Crippen LogP contribution in [0.3, 0.4) is 0 Å². The second-order valence-corrected chi connectivity index (χ2v) is 6.64. The molecule has 1 aromatic heterocycles. The van der Waals surface area contributed by atoms with Crippen LogP contribution in [0, 0.1) is 10.1 Å². The average molecular weight is 411 g/mol. The monoisotopic (exact) mass is 411 g/mol. The molecule has 1 aliphatic heterocycles. The average Bonchev–Trinajstić information content (AvgIpc) is 3.23. The zero-order valence-corrected chi connectivity index (χ0v) is 16.1. The number of hydrogen-bond acceptors (Lipinski definition) is 9. The fourth-order valence-electron chi connectivity index (χ4n) is 2.91. The summed E-state index contributed by atoms with van der Waals surface area (Å²) in [6.07, 6.45) is -2.32. The highest BCUT2D eigenvalue weighted by atomic mass is 16.6. The number of fused-ring (bicyclic) bond motifs is 1. The van der Waals surface area contributed by atoms with Crippen LogP contribution < -0.4 is 9.47 Å². The first kappa shape index (κ1) is 19.4. The Kier molecular flexibility index (Phi) is 5.05. The number of para-hydroxylation sites is 2. The van der Waals surface area contributed by atoms with Gasteiger partial charge in [0.15, 0.2) is 17.6 Å². The number of rotatable bonds is 5. The molecule has 154 valence electrons. The van der Waals surface area contributed by atoms with Gasteiger partial charge in [-0.15, -0.1) is 10.2 Å². The fraction of sp³-hybridized carbons (Fsp3) is 0.250. The molecule has 0 unspecified atom stereocenters. The van der Waals surface area contributed by atoms with Crippen molar-refractivity contribution in [3.05, 3.63) is 64.5 Å². The quantitative estimate of drug-likeness (QED) is 0.352. The molecule has 1 aliphatic rings. The van der Waals surface area contributed by atoms with Gasteiger partial charge in [0.05, 0.1) is 4.92 Å². The van der Waals surface area contributed by atoms with Gasteiger partial charge in [0.1, 0.15) is 6.10 Å². The second-order valence-electron chi connectivity index (χ2n) is 6.64. The fourth-order valence-corrected chi connectivity index (χ4v) is 2.91. The van der Waals surface area contributed by atoms with Crippen molar-refractivity contribution < 1.29 is 28.3 Å². The molecular weight excluding hydrogens is 394 g/mol. The molecule has 10 nitrogen and oxygen atoms in total. The SMILES string of the molecule is C[C@H](OC(=O)[C@@H]1Oc2ccccc2O[C@@H]1C)c1nnc(-c2ccc([N+](=O)[O-])cc2)o1. The van der Waals surface area contributed by atoms with Crippen LogP contribution in [0.25, 0.3) is 11.5 Å². The Bertz CT molecular complexity index is 1080. The molecule has 0 fully saturated rings. The predicted octanol–water partition coefficient (Wildman–Crippen LogP) is 3.48. The zero-order valence-electron chi connectivity index (χ0n) is 16.1. The second kappa shape index (κ2) is 7.82. The van der Waals surface area contributed by atoms with E-state index >= 15 is 0 Å². The van der Waals surface area contributed by atoms with Crippen LogP contribution in [0.4, 0.5) is 5.69 Å². The van der Waals surface area contributed by atoms with Gasteiger partial charge in [0.25, 0.3) is 11.6 Å². The molecule has 0 amide bonds. The zero-order chi connectivity index (χ0) is 21.3. The molecule has 0 bridgehead atoms. The number of esters is 1. The van der Waals surface area contributed by atoms with E-state index in [2.05, 4.69) is 10.2 Å². The third-order valence-corrected chi connectivity index (χ3v) is 4.48. The summed E-state index contributed by atoms with van der Waals surface area (Å²) >= 11 is 0. The van der Waals surface area contributed by atoms with E-state index in [9.17, 15) is 14.9 Å². The summed E-state index contributed by atoms with van der Waals surface area (Å²) in [7, 11) is 0. The van der Waals surface area contributed by atoms with Gasteiger partial charge in [-0.1, -0.05) is 12.1 Å². The lowest BCUT2D eigenvalue weighted by Crippen LogP contribution is -2.44. The van der Waals surface area contributed by atoms with Gasteiger partial charge >= 0.3 is 5.97 Å². The van der Waals surface area contributed by atoms with Gasteiger partial charge in [-0.3, -0.25) is 10.1 Å². The van der Waals surface area contributed by atoms with Crippen molar-refractivity contribution in [2.45, 2.75) is 32.2 Å². The molecule has 0 spiro atoms. The number of non-ortho nitro benzene ring substituents is 1. The van der Waals surface area contributed by atoms with E-state index in [-0.39, 0.29) is 17.5 Å². The van der Waals surface area contributed by atoms with Crippen molar-refractivity contribution >= 4 is 11.7 Å². The lowest BCUT2D eigenvalue weighted by atomic mass is 10.2. The van der Waals surface area contributed by atoms with E-state index in [1.54, 1.807) is 32.0 Å². The number of carbonyl (C=O) groups excluding carboxylic acids is 1. The minimum absolute atomic E-state index is 0.0498. The molecular formula is C20H17N3O7. The van der Waals surface area contributed by atoms with Gasteiger partial charge in [-0.05, 0) is 38.1 Å². The molecule has 2 aromatic carbocycles. The van der Waals surface area contributed by atoms with Gasteiger partial charge in [-0.2, -0.15) is 0 Å². The van der Waals surface area contributed by atoms with Crippen molar-refractivity contribution in [2.75, 3.05) is 0 Å².